The highest BCUT2D eigenvalue weighted by molar-refractivity contribution is 7.80. The number of benzene rings is 1. The molecular weight excluding hydrogens is 556 g/mol. The lowest BCUT2D eigenvalue weighted by atomic mass is 9.96. The summed E-state index contributed by atoms with van der Waals surface area (Å²) in [7, 11) is 0. The third-order valence-electron chi connectivity index (χ3n) is 8.00. The minimum absolute atomic E-state index is 0.0767. The van der Waals surface area contributed by atoms with Gasteiger partial charge in [0, 0.05) is 55.4 Å². The van der Waals surface area contributed by atoms with Crippen LogP contribution in [0.25, 0.3) is 0 Å². The molecule has 0 bridgehead atoms. The molecule has 0 saturated carbocycles. The molecule has 5 rings (SSSR count). The Kier molecular flexibility index (Phi) is 9.28. The highest BCUT2D eigenvalue weighted by Crippen LogP contribution is 2.44. The molecule has 4 heterocycles. The number of nitrogens with zero attached hydrogens (tertiary/aromatic N) is 4. The number of anilines is 2. The van der Waals surface area contributed by atoms with Crippen molar-refractivity contribution in [2.24, 2.45) is 5.92 Å². The van der Waals surface area contributed by atoms with E-state index in [1.165, 1.54) is 17.0 Å². The molecule has 2 atom stereocenters. The molecule has 2 saturated heterocycles. The Morgan fingerprint density at radius 2 is 1.95 bits per heavy atom. The lowest BCUT2D eigenvalue weighted by molar-refractivity contribution is -0.118. The van der Waals surface area contributed by atoms with E-state index in [1.807, 2.05) is 56.4 Å². The summed E-state index contributed by atoms with van der Waals surface area (Å²) >= 11 is 12.6. The standard InChI is InChI=1S/C31H39ClN6O2S/c1-20(2)30(39)34-26-10-9-23(19-25(26)32)38-29(28(35-31(38)41)27-8-5-6-11-33-27)24-18-21(3)37(22(24)4)13-7-12-36-14-16-40-17-15-36/h5-6,8-11,18-20,28-29H,7,12-17H2,1-4H3,(H,34,39)(H,35,41)/t28-,29+/m1/s1. The number of ether oxygens (including phenoxy) is 1. The minimum atomic E-state index is -0.148. The summed E-state index contributed by atoms with van der Waals surface area (Å²) in [5.41, 5.74) is 6.01. The Hall–Kier alpha value is -2.98. The molecule has 2 aliphatic heterocycles. The van der Waals surface area contributed by atoms with Gasteiger partial charge in [0.05, 0.1) is 41.7 Å². The topological polar surface area (TPSA) is 74.7 Å². The number of halogens is 1. The van der Waals surface area contributed by atoms with E-state index in [4.69, 9.17) is 33.5 Å². The second kappa shape index (κ2) is 12.9. The van der Waals surface area contributed by atoms with Crippen LogP contribution in [0.1, 0.15) is 55.0 Å². The SMILES string of the molecule is Cc1cc([C@H]2[C@@H](c3ccccn3)NC(=S)N2c2ccc(NC(=O)C(C)C)c(Cl)c2)c(C)n1CCCN1CCOCC1. The van der Waals surface area contributed by atoms with E-state index in [-0.39, 0.29) is 23.9 Å². The average molecular weight is 595 g/mol. The second-order valence-electron chi connectivity index (χ2n) is 11.1. The lowest BCUT2D eigenvalue weighted by Crippen LogP contribution is -2.37. The van der Waals surface area contributed by atoms with Crippen LogP contribution in [0.15, 0.2) is 48.7 Å². The number of amides is 1. The number of hydrogen-bond acceptors (Lipinski definition) is 5. The normalized spacial score (nSPS) is 19.6. The molecule has 2 aliphatic rings. The van der Waals surface area contributed by atoms with Crippen LogP contribution in [0.4, 0.5) is 11.4 Å². The van der Waals surface area contributed by atoms with E-state index < -0.39 is 0 Å². The van der Waals surface area contributed by atoms with E-state index in [0.717, 1.165) is 57.2 Å². The van der Waals surface area contributed by atoms with Crippen LogP contribution in [0.5, 0.6) is 0 Å². The molecule has 0 spiro atoms. The fraction of sp³-hybridized carbons (Fsp3) is 0.452. The monoisotopic (exact) mass is 594 g/mol. The van der Waals surface area contributed by atoms with E-state index in [9.17, 15) is 4.79 Å². The first kappa shape index (κ1) is 29.5. The molecule has 0 aliphatic carbocycles. The van der Waals surface area contributed by atoms with E-state index in [1.54, 1.807) is 0 Å². The maximum Gasteiger partial charge on any atom is 0.226 e. The largest absolute Gasteiger partial charge is 0.379 e. The Labute approximate surface area is 253 Å². The number of morpholine rings is 1. The number of aryl methyl sites for hydroxylation is 1. The van der Waals surface area contributed by atoms with Gasteiger partial charge in [-0.3, -0.25) is 14.7 Å². The summed E-state index contributed by atoms with van der Waals surface area (Å²) in [6.07, 6.45) is 2.89. The van der Waals surface area contributed by atoms with E-state index in [0.29, 0.717) is 15.8 Å². The van der Waals surface area contributed by atoms with Crippen molar-refractivity contribution in [2.45, 2.75) is 52.7 Å². The summed E-state index contributed by atoms with van der Waals surface area (Å²) in [6, 6.07) is 13.7. The Morgan fingerprint density at radius 1 is 1.17 bits per heavy atom. The number of carbonyl (C=O) groups is 1. The Balaban J connectivity index is 1.47. The Bertz CT molecular complexity index is 1390. The molecule has 0 radical (unpaired) electrons. The van der Waals surface area contributed by atoms with Crippen LogP contribution < -0.4 is 15.5 Å². The highest BCUT2D eigenvalue weighted by Gasteiger charge is 2.42. The quantitative estimate of drug-likeness (QED) is 0.310. The van der Waals surface area contributed by atoms with Crippen molar-refractivity contribution in [3.63, 3.8) is 0 Å². The van der Waals surface area contributed by atoms with Gasteiger partial charge in [-0.05, 0) is 74.4 Å². The molecule has 0 unspecified atom stereocenters. The molecule has 1 amide bonds. The van der Waals surface area contributed by atoms with Crippen molar-refractivity contribution in [3.05, 3.63) is 76.3 Å². The smallest absolute Gasteiger partial charge is 0.226 e. The first-order valence-electron chi connectivity index (χ1n) is 14.3. The number of aromatic nitrogens is 2. The van der Waals surface area contributed by atoms with Gasteiger partial charge < -0.3 is 24.8 Å². The number of hydrogen-bond donors (Lipinski definition) is 2. The first-order valence-corrected chi connectivity index (χ1v) is 15.1. The van der Waals surface area contributed by atoms with Crippen LogP contribution in [-0.4, -0.2) is 58.3 Å². The van der Waals surface area contributed by atoms with Crippen LogP contribution in [0.2, 0.25) is 5.02 Å². The van der Waals surface area contributed by atoms with Crippen molar-refractivity contribution in [1.82, 2.24) is 19.8 Å². The number of thiocarbonyl (C=S) groups is 1. The van der Waals surface area contributed by atoms with E-state index >= 15 is 0 Å². The number of carbonyl (C=O) groups excluding carboxylic acids is 1. The van der Waals surface area contributed by atoms with Gasteiger partial charge in [-0.1, -0.05) is 31.5 Å². The van der Waals surface area contributed by atoms with Gasteiger partial charge >= 0.3 is 0 Å². The molecule has 8 nitrogen and oxygen atoms in total. The second-order valence-corrected chi connectivity index (χ2v) is 11.9. The average Bonchev–Trinajstić information content (AvgIpc) is 3.45. The fourth-order valence-corrected chi connectivity index (χ4v) is 6.30. The third kappa shape index (κ3) is 6.43. The van der Waals surface area contributed by atoms with Crippen molar-refractivity contribution < 1.29 is 9.53 Å². The predicted molar refractivity (Wildman–Crippen MR) is 169 cm³/mol. The molecule has 1 aromatic carbocycles. The van der Waals surface area contributed by atoms with Crippen LogP contribution in [-0.2, 0) is 16.1 Å². The van der Waals surface area contributed by atoms with Crippen LogP contribution in [0.3, 0.4) is 0 Å². The molecule has 218 valence electrons. The molecule has 2 fully saturated rings. The van der Waals surface area contributed by atoms with Gasteiger partial charge in [0.2, 0.25) is 5.91 Å². The van der Waals surface area contributed by atoms with Crippen LogP contribution >= 0.6 is 23.8 Å². The number of rotatable bonds is 9. The Morgan fingerprint density at radius 3 is 2.63 bits per heavy atom. The summed E-state index contributed by atoms with van der Waals surface area (Å²) < 4.78 is 7.92. The summed E-state index contributed by atoms with van der Waals surface area (Å²) in [5, 5.41) is 7.54. The van der Waals surface area contributed by atoms with Crippen LogP contribution in [0, 0.1) is 19.8 Å². The number of nitrogens with one attached hydrogen (secondary N) is 2. The number of pyridine rings is 1. The van der Waals surface area contributed by atoms with Crippen molar-refractivity contribution in [1.29, 1.82) is 0 Å². The van der Waals surface area contributed by atoms with Crippen molar-refractivity contribution >= 4 is 46.2 Å². The van der Waals surface area contributed by atoms with Gasteiger partial charge in [0.25, 0.3) is 0 Å². The molecule has 3 aromatic rings. The lowest BCUT2D eigenvalue weighted by Gasteiger charge is -2.29. The highest BCUT2D eigenvalue weighted by atomic mass is 35.5. The third-order valence-corrected chi connectivity index (χ3v) is 8.63. The van der Waals surface area contributed by atoms with Gasteiger partial charge in [-0.25, -0.2) is 0 Å². The van der Waals surface area contributed by atoms with Crippen molar-refractivity contribution in [3.8, 4) is 0 Å². The summed E-state index contributed by atoms with van der Waals surface area (Å²) in [5.74, 6) is -0.221. The maximum absolute atomic E-state index is 12.3. The fourth-order valence-electron chi connectivity index (χ4n) is 5.73. The van der Waals surface area contributed by atoms with Gasteiger partial charge in [-0.2, -0.15) is 0 Å². The molecule has 41 heavy (non-hydrogen) atoms. The summed E-state index contributed by atoms with van der Waals surface area (Å²) in [6.45, 7) is 13.7. The van der Waals surface area contributed by atoms with Gasteiger partial charge in [-0.15, -0.1) is 0 Å². The van der Waals surface area contributed by atoms with Crippen molar-refractivity contribution in [2.75, 3.05) is 43.1 Å². The zero-order valence-electron chi connectivity index (χ0n) is 24.2. The van der Waals surface area contributed by atoms with E-state index in [2.05, 4.69) is 44.9 Å². The molecule has 2 N–H and O–H groups in total. The summed E-state index contributed by atoms with van der Waals surface area (Å²) in [4.78, 5) is 21.6. The zero-order valence-corrected chi connectivity index (χ0v) is 25.8. The molecular formula is C31H39ClN6O2S. The maximum atomic E-state index is 12.3. The first-order chi connectivity index (χ1) is 19.7. The van der Waals surface area contributed by atoms with Gasteiger partial charge in [0.1, 0.15) is 0 Å². The van der Waals surface area contributed by atoms with Gasteiger partial charge in [0.15, 0.2) is 5.11 Å². The predicted octanol–water partition coefficient (Wildman–Crippen LogP) is 5.65. The minimum Gasteiger partial charge on any atom is -0.379 e. The molecule has 2 aromatic heterocycles. The zero-order chi connectivity index (χ0) is 29.1. The molecule has 10 heteroatoms.